The molecule has 0 saturated carbocycles. The summed E-state index contributed by atoms with van der Waals surface area (Å²) < 4.78 is 14.2. The van der Waals surface area contributed by atoms with Crippen molar-refractivity contribution in [2.75, 3.05) is 0 Å². The lowest BCUT2D eigenvalue weighted by Crippen LogP contribution is -1.93. The molecule has 13 aromatic rings. The highest BCUT2D eigenvalue weighted by Crippen LogP contribution is 2.45. The van der Waals surface area contributed by atoms with Crippen LogP contribution in [0.2, 0.25) is 0 Å². The molecule has 4 nitrogen and oxygen atoms in total. The summed E-state index contributed by atoms with van der Waals surface area (Å²) >= 11 is 0. The van der Waals surface area contributed by atoms with E-state index >= 15 is 0 Å². The number of furan rings is 1. The van der Waals surface area contributed by atoms with Gasteiger partial charge in [0, 0.05) is 54.9 Å². The zero-order chi connectivity index (χ0) is 39.3. The maximum Gasteiger partial charge on any atom is 0.213 e. The summed E-state index contributed by atoms with van der Waals surface area (Å²) in [6.45, 7) is 0. The van der Waals surface area contributed by atoms with Gasteiger partial charge in [0.1, 0.15) is 5.58 Å². The van der Waals surface area contributed by atoms with Crippen LogP contribution in [0.15, 0.2) is 217 Å². The molecule has 4 heterocycles. The molecule has 0 unspecified atom stereocenters. The van der Waals surface area contributed by atoms with Gasteiger partial charge in [-0.15, -0.1) is 0 Å². The molecular weight excluding hydrogens is 731 g/mol. The predicted octanol–water partition coefficient (Wildman–Crippen LogP) is 15.1. The molecule has 0 bridgehead atoms. The molecule has 0 N–H and O–H groups in total. The summed E-state index contributed by atoms with van der Waals surface area (Å²) in [4.78, 5) is 0. The SMILES string of the molecule is c1ccc(-n2c3ccccc3c3cc(-c4ccc5c(c4)c4c6cccc(-c7ccc8c(c7)c7ccccc7n8-c7ccccc7)c6oc4n5-c4ccccc4)ccc32)cc1. The van der Waals surface area contributed by atoms with Crippen LogP contribution in [0.5, 0.6) is 0 Å². The summed E-state index contributed by atoms with van der Waals surface area (Å²) in [5, 5.41) is 8.31. The lowest BCUT2D eigenvalue weighted by molar-refractivity contribution is 0.646. The van der Waals surface area contributed by atoms with Gasteiger partial charge in [-0.25, -0.2) is 0 Å². The number of hydrogen-bond acceptors (Lipinski definition) is 1. The first-order valence-electron chi connectivity index (χ1n) is 20.5. The smallest absolute Gasteiger partial charge is 0.213 e. The van der Waals surface area contributed by atoms with Gasteiger partial charge in [-0.05, 0) is 102 Å². The first kappa shape index (κ1) is 32.9. The van der Waals surface area contributed by atoms with E-state index in [2.05, 4.69) is 226 Å². The fraction of sp³-hybridized carbons (Fsp3) is 0. The number of fused-ring (bicyclic) bond motifs is 11. The molecule has 0 aliphatic heterocycles. The maximum absolute atomic E-state index is 7.13. The van der Waals surface area contributed by atoms with Crippen molar-refractivity contribution in [1.29, 1.82) is 0 Å². The van der Waals surface area contributed by atoms with Gasteiger partial charge in [-0.1, -0.05) is 127 Å². The lowest BCUT2D eigenvalue weighted by Gasteiger charge is -2.09. The highest BCUT2D eigenvalue weighted by molar-refractivity contribution is 6.23. The van der Waals surface area contributed by atoms with Crippen molar-refractivity contribution >= 4 is 76.6 Å². The topological polar surface area (TPSA) is 27.9 Å². The normalized spacial score (nSPS) is 12.0. The summed E-state index contributed by atoms with van der Waals surface area (Å²) in [5.74, 6) is 0. The number of benzene rings is 9. The van der Waals surface area contributed by atoms with Crippen LogP contribution in [0.4, 0.5) is 0 Å². The standard InChI is InChI=1S/C56H35N3O/c1-4-15-39(16-5-1)57-49-25-12-10-21-43(49)46-33-36(27-30-51(46)57)37-28-31-53-48(34-37)54-45-24-14-23-42(55(45)60-56(54)59(53)41-19-8-3-9-20-41)38-29-32-52-47(35-38)44-22-11-13-26-50(44)58(52)40-17-6-2-7-18-40/h1-35H. The molecule has 9 aromatic carbocycles. The Balaban J connectivity index is 1.03. The van der Waals surface area contributed by atoms with Gasteiger partial charge in [0.2, 0.25) is 5.71 Å². The molecule has 4 heteroatoms. The Hall–Kier alpha value is -8.08. The minimum Gasteiger partial charge on any atom is -0.438 e. The molecule has 0 amide bonds. The molecular formula is C56H35N3O. The third kappa shape index (κ3) is 4.73. The van der Waals surface area contributed by atoms with Gasteiger partial charge in [0.05, 0.1) is 33.0 Å². The molecule has 13 rings (SSSR count). The van der Waals surface area contributed by atoms with Gasteiger partial charge in [0.15, 0.2) is 0 Å². The predicted molar refractivity (Wildman–Crippen MR) is 250 cm³/mol. The third-order valence-corrected chi connectivity index (χ3v) is 12.4. The molecule has 0 saturated heterocycles. The fourth-order valence-electron chi connectivity index (χ4n) is 9.81. The van der Waals surface area contributed by atoms with E-state index in [9.17, 15) is 0 Å². The van der Waals surface area contributed by atoms with Crippen LogP contribution >= 0.6 is 0 Å². The van der Waals surface area contributed by atoms with Crippen LogP contribution < -0.4 is 0 Å². The summed E-state index contributed by atoms with van der Waals surface area (Å²) in [5.41, 5.74) is 15.5. The largest absolute Gasteiger partial charge is 0.438 e. The van der Waals surface area contributed by atoms with Crippen LogP contribution in [-0.2, 0) is 0 Å². The van der Waals surface area contributed by atoms with Gasteiger partial charge >= 0.3 is 0 Å². The van der Waals surface area contributed by atoms with Crippen LogP contribution in [0, 0.1) is 0 Å². The second-order valence-corrected chi connectivity index (χ2v) is 15.7. The number of para-hydroxylation sites is 6. The first-order chi connectivity index (χ1) is 29.8. The van der Waals surface area contributed by atoms with Gasteiger partial charge in [-0.2, -0.15) is 0 Å². The van der Waals surface area contributed by atoms with Crippen LogP contribution in [0.3, 0.4) is 0 Å². The molecule has 0 aliphatic rings. The van der Waals surface area contributed by atoms with Crippen molar-refractivity contribution in [2.45, 2.75) is 0 Å². The number of aromatic nitrogens is 3. The van der Waals surface area contributed by atoms with Crippen molar-refractivity contribution in [3.63, 3.8) is 0 Å². The fourth-order valence-corrected chi connectivity index (χ4v) is 9.81. The highest BCUT2D eigenvalue weighted by Gasteiger charge is 2.23. The van der Waals surface area contributed by atoms with E-state index in [-0.39, 0.29) is 0 Å². The Morgan fingerprint density at radius 1 is 0.283 bits per heavy atom. The summed E-state index contributed by atoms with van der Waals surface area (Å²) in [7, 11) is 0. The Labute approximate surface area is 345 Å². The van der Waals surface area contributed by atoms with Crippen molar-refractivity contribution in [3.8, 4) is 39.3 Å². The molecule has 0 radical (unpaired) electrons. The average Bonchev–Trinajstić information content (AvgIpc) is 4.05. The van der Waals surface area contributed by atoms with Gasteiger partial charge in [-0.3, -0.25) is 4.57 Å². The molecule has 0 atom stereocenters. The van der Waals surface area contributed by atoms with E-state index < -0.39 is 0 Å². The Bertz CT molecular complexity index is 3810. The first-order valence-corrected chi connectivity index (χ1v) is 20.5. The van der Waals surface area contributed by atoms with Crippen LogP contribution in [0.1, 0.15) is 0 Å². The van der Waals surface area contributed by atoms with Crippen LogP contribution in [0.25, 0.3) is 116 Å². The average molecular weight is 766 g/mol. The van der Waals surface area contributed by atoms with E-state index in [0.29, 0.717) is 0 Å². The molecule has 0 fully saturated rings. The minimum atomic E-state index is 0.846. The zero-order valence-corrected chi connectivity index (χ0v) is 32.5. The van der Waals surface area contributed by atoms with Crippen LogP contribution in [-0.4, -0.2) is 13.7 Å². The second kappa shape index (κ2) is 12.7. The van der Waals surface area contributed by atoms with Crippen molar-refractivity contribution < 1.29 is 4.42 Å². The van der Waals surface area contributed by atoms with Crippen molar-refractivity contribution in [1.82, 2.24) is 13.7 Å². The quantitative estimate of drug-likeness (QED) is 0.171. The monoisotopic (exact) mass is 765 g/mol. The molecule has 0 aliphatic carbocycles. The van der Waals surface area contributed by atoms with Crippen molar-refractivity contribution in [2.24, 2.45) is 0 Å². The second-order valence-electron chi connectivity index (χ2n) is 15.7. The number of rotatable bonds is 5. The van der Waals surface area contributed by atoms with Gasteiger partial charge < -0.3 is 13.6 Å². The number of hydrogen-bond donors (Lipinski definition) is 0. The highest BCUT2D eigenvalue weighted by atomic mass is 16.3. The molecule has 0 spiro atoms. The lowest BCUT2D eigenvalue weighted by atomic mass is 9.98. The zero-order valence-electron chi connectivity index (χ0n) is 32.5. The molecule has 60 heavy (non-hydrogen) atoms. The van der Waals surface area contributed by atoms with E-state index in [1.54, 1.807) is 0 Å². The van der Waals surface area contributed by atoms with E-state index in [4.69, 9.17) is 4.42 Å². The summed E-state index contributed by atoms with van der Waals surface area (Å²) in [6.07, 6.45) is 0. The Kier molecular flexibility index (Phi) is 6.98. The summed E-state index contributed by atoms with van der Waals surface area (Å²) in [6, 6.07) is 76.5. The van der Waals surface area contributed by atoms with E-state index in [1.165, 1.54) is 54.7 Å². The Morgan fingerprint density at radius 2 is 0.700 bits per heavy atom. The molecule has 4 aromatic heterocycles. The van der Waals surface area contributed by atoms with Gasteiger partial charge in [0.25, 0.3) is 0 Å². The Morgan fingerprint density at radius 3 is 1.27 bits per heavy atom. The minimum absolute atomic E-state index is 0.846. The van der Waals surface area contributed by atoms with E-state index in [1.807, 2.05) is 0 Å². The third-order valence-electron chi connectivity index (χ3n) is 12.4. The molecule has 280 valence electrons. The van der Waals surface area contributed by atoms with E-state index in [0.717, 1.165) is 61.2 Å². The number of nitrogens with zero attached hydrogens (tertiary/aromatic N) is 3. The van der Waals surface area contributed by atoms with Crippen molar-refractivity contribution in [3.05, 3.63) is 212 Å². The maximum atomic E-state index is 7.13.